The van der Waals surface area contributed by atoms with Crippen LogP contribution in [-0.4, -0.2) is 37.1 Å². The Morgan fingerprint density at radius 3 is 2.32 bits per heavy atom. The minimum Gasteiger partial charge on any atom is -0.343 e. The zero-order valence-corrected chi connectivity index (χ0v) is 13.3. The van der Waals surface area contributed by atoms with Crippen LogP contribution in [0.25, 0.3) is 0 Å². The number of carbonyl (C=O) groups is 1. The van der Waals surface area contributed by atoms with E-state index in [0.717, 1.165) is 49.9 Å². The first kappa shape index (κ1) is 15.5. The van der Waals surface area contributed by atoms with Gasteiger partial charge in [0.1, 0.15) is 0 Å². The normalized spacial score (nSPS) is 21.0. The van der Waals surface area contributed by atoms with Crippen molar-refractivity contribution < 1.29 is 14.3 Å². The van der Waals surface area contributed by atoms with E-state index in [1.807, 2.05) is 29.2 Å². The summed E-state index contributed by atoms with van der Waals surface area (Å²) in [6.45, 7) is 5.16. The van der Waals surface area contributed by atoms with Crippen LogP contribution in [0.5, 0.6) is 0 Å². The van der Waals surface area contributed by atoms with Crippen molar-refractivity contribution in [2.24, 2.45) is 0 Å². The van der Waals surface area contributed by atoms with Gasteiger partial charge < -0.3 is 14.4 Å². The second-order valence-corrected chi connectivity index (χ2v) is 6.13. The lowest BCUT2D eigenvalue weighted by molar-refractivity contribution is -0.170. The van der Waals surface area contributed by atoms with Crippen LogP contribution in [0.15, 0.2) is 24.3 Å². The van der Waals surface area contributed by atoms with E-state index in [1.165, 1.54) is 6.42 Å². The fraction of sp³-hybridized carbons (Fsp3) is 0.611. The van der Waals surface area contributed by atoms with Crippen molar-refractivity contribution in [1.29, 1.82) is 0 Å². The van der Waals surface area contributed by atoms with Crippen LogP contribution in [0.3, 0.4) is 0 Å². The van der Waals surface area contributed by atoms with Crippen molar-refractivity contribution >= 4 is 5.91 Å². The number of nitrogens with zero attached hydrogens (tertiary/aromatic N) is 1. The molecule has 120 valence electrons. The van der Waals surface area contributed by atoms with Gasteiger partial charge in [-0.25, -0.2) is 0 Å². The minimum atomic E-state index is -0.610. The van der Waals surface area contributed by atoms with Gasteiger partial charge in [-0.1, -0.05) is 25.5 Å². The lowest BCUT2D eigenvalue weighted by Gasteiger charge is -2.29. The van der Waals surface area contributed by atoms with Crippen molar-refractivity contribution in [2.45, 2.75) is 44.8 Å². The molecule has 0 bridgehead atoms. The van der Waals surface area contributed by atoms with E-state index in [-0.39, 0.29) is 5.91 Å². The Bertz CT molecular complexity index is 500. The van der Waals surface area contributed by atoms with E-state index in [1.54, 1.807) is 0 Å². The number of hydrogen-bond donors (Lipinski definition) is 0. The van der Waals surface area contributed by atoms with Crippen molar-refractivity contribution in [3.63, 3.8) is 0 Å². The smallest absolute Gasteiger partial charge is 0.253 e. The maximum Gasteiger partial charge on any atom is 0.253 e. The molecule has 2 saturated heterocycles. The zero-order chi connectivity index (χ0) is 15.4. The predicted molar refractivity (Wildman–Crippen MR) is 84.7 cm³/mol. The highest BCUT2D eigenvalue weighted by Gasteiger charge is 2.37. The quantitative estimate of drug-likeness (QED) is 0.856. The number of piperidine rings is 1. The van der Waals surface area contributed by atoms with Crippen LogP contribution in [0.1, 0.15) is 54.9 Å². The third-order valence-corrected chi connectivity index (χ3v) is 4.55. The molecule has 0 aromatic heterocycles. The lowest BCUT2D eigenvalue weighted by Crippen LogP contribution is -2.35. The summed E-state index contributed by atoms with van der Waals surface area (Å²) in [7, 11) is 0. The van der Waals surface area contributed by atoms with Crippen LogP contribution >= 0.6 is 0 Å². The molecule has 1 amide bonds. The summed E-state index contributed by atoms with van der Waals surface area (Å²) in [5, 5.41) is 0. The molecule has 0 spiro atoms. The molecular formula is C18H25NO3. The lowest BCUT2D eigenvalue weighted by atomic mass is 9.99. The zero-order valence-electron chi connectivity index (χ0n) is 13.3. The first-order chi connectivity index (χ1) is 10.7. The molecule has 2 aliphatic rings. The van der Waals surface area contributed by atoms with Gasteiger partial charge >= 0.3 is 0 Å². The summed E-state index contributed by atoms with van der Waals surface area (Å²) in [5.41, 5.74) is 1.78. The number of amides is 1. The summed E-state index contributed by atoms with van der Waals surface area (Å²) in [6, 6.07) is 7.79. The fourth-order valence-corrected chi connectivity index (χ4v) is 3.39. The standard InChI is InChI=1S/C18H25NO3/c1-2-10-18(21-13-14-22-18)16-8-6-15(7-9-16)17(20)19-11-4-3-5-12-19/h6-9H,2-5,10-14H2,1H3. The average molecular weight is 303 g/mol. The van der Waals surface area contributed by atoms with Crippen LogP contribution in [0, 0.1) is 0 Å². The molecule has 1 aromatic carbocycles. The first-order valence-electron chi connectivity index (χ1n) is 8.43. The summed E-state index contributed by atoms with van der Waals surface area (Å²) in [5.74, 6) is -0.467. The van der Waals surface area contributed by atoms with E-state index in [0.29, 0.717) is 13.2 Å². The molecular weight excluding hydrogens is 278 g/mol. The largest absolute Gasteiger partial charge is 0.343 e. The maximum absolute atomic E-state index is 12.5. The average Bonchev–Trinajstić information content (AvgIpc) is 3.05. The highest BCUT2D eigenvalue weighted by molar-refractivity contribution is 5.94. The van der Waals surface area contributed by atoms with Crippen molar-refractivity contribution in [3.05, 3.63) is 35.4 Å². The Kier molecular flexibility index (Phi) is 4.79. The van der Waals surface area contributed by atoms with Gasteiger partial charge in [-0.3, -0.25) is 4.79 Å². The van der Waals surface area contributed by atoms with E-state index in [9.17, 15) is 4.79 Å². The molecule has 22 heavy (non-hydrogen) atoms. The molecule has 0 unspecified atom stereocenters. The van der Waals surface area contributed by atoms with Crippen LogP contribution in [0.2, 0.25) is 0 Å². The molecule has 0 saturated carbocycles. The molecule has 1 aromatic rings. The highest BCUT2D eigenvalue weighted by atomic mass is 16.7. The Hall–Kier alpha value is -1.39. The second-order valence-electron chi connectivity index (χ2n) is 6.13. The second kappa shape index (κ2) is 6.80. The molecule has 0 radical (unpaired) electrons. The number of hydrogen-bond acceptors (Lipinski definition) is 3. The fourth-order valence-electron chi connectivity index (χ4n) is 3.39. The third-order valence-electron chi connectivity index (χ3n) is 4.55. The van der Waals surface area contributed by atoms with Crippen molar-refractivity contribution in [1.82, 2.24) is 4.90 Å². The van der Waals surface area contributed by atoms with Crippen molar-refractivity contribution in [2.75, 3.05) is 26.3 Å². The van der Waals surface area contributed by atoms with Gasteiger partial charge in [-0.15, -0.1) is 0 Å². The molecule has 3 rings (SSSR count). The maximum atomic E-state index is 12.5. The van der Waals surface area contributed by atoms with Crippen LogP contribution < -0.4 is 0 Å². The summed E-state index contributed by atoms with van der Waals surface area (Å²) in [6.07, 6.45) is 5.30. The number of ether oxygens (including phenoxy) is 2. The minimum absolute atomic E-state index is 0.143. The number of likely N-dealkylation sites (tertiary alicyclic amines) is 1. The van der Waals surface area contributed by atoms with E-state index < -0.39 is 5.79 Å². The topological polar surface area (TPSA) is 38.8 Å². The molecule has 2 aliphatic heterocycles. The number of rotatable bonds is 4. The van der Waals surface area contributed by atoms with Gasteiger partial charge in [0.25, 0.3) is 5.91 Å². The molecule has 4 heteroatoms. The first-order valence-corrected chi connectivity index (χ1v) is 8.43. The van der Waals surface area contributed by atoms with Gasteiger partial charge in [0.15, 0.2) is 5.79 Å². The Morgan fingerprint density at radius 1 is 1.09 bits per heavy atom. The SMILES string of the molecule is CCCC1(c2ccc(C(=O)N3CCCCC3)cc2)OCCO1. The van der Waals surface area contributed by atoms with Gasteiger partial charge in [0.05, 0.1) is 13.2 Å². The highest BCUT2D eigenvalue weighted by Crippen LogP contribution is 2.36. The monoisotopic (exact) mass is 303 g/mol. The predicted octanol–water partition coefficient (Wildman–Crippen LogP) is 3.31. The Balaban J connectivity index is 1.75. The molecule has 0 aliphatic carbocycles. The summed E-state index contributed by atoms with van der Waals surface area (Å²) < 4.78 is 11.7. The van der Waals surface area contributed by atoms with Crippen LogP contribution in [0.4, 0.5) is 0 Å². The molecule has 2 fully saturated rings. The van der Waals surface area contributed by atoms with Crippen molar-refractivity contribution in [3.8, 4) is 0 Å². The summed E-state index contributed by atoms with van der Waals surface area (Å²) in [4.78, 5) is 14.5. The van der Waals surface area contributed by atoms with Gasteiger partial charge in [0.2, 0.25) is 0 Å². The molecule has 0 N–H and O–H groups in total. The number of benzene rings is 1. The van der Waals surface area contributed by atoms with E-state index in [2.05, 4.69) is 6.92 Å². The third kappa shape index (κ3) is 3.03. The van der Waals surface area contributed by atoms with Gasteiger partial charge in [0, 0.05) is 30.6 Å². The van der Waals surface area contributed by atoms with Gasteiger partial charge in [-0.05, 0) is 31.4 Å². The van der Waals surface area contributed by atoms with Crippen LogP contribution in [-0.2, 0) is 15.3 Å². The number of carbonyl (C=O) groups excluding carboxylic acids is 1. The van der Waals surface area contributed by atoms with E-state index in [4.69, 9.17) is 9.47 Å². The Labute approximate surface area is 132 Å². The molecule has 4 nitrogen and oxygen atoms in total. The Morgan fingerprint density at radius 2 is 1.73 bits per heavy atom. The van der Waals surface area contributed by atoms with E-state index >= 15 is 0 Å². The summed E-state index contributed by atoms with van der Waals surface area (Å²) >= 11 is 0. The molecule has 0 atom stereocenters. The van der Waals surface area contributed by atoms with Gasteiger partial charge in [-0.2, -0.15) is 0 Å². The molecule has 2 heterocycles.